The first-order valence-electron chi connectivity index (χ1n) is 6.02. The van der Waals surface area contributed by atoms with Crippen LogP contribution < -0.4 is 0 Å². The Bertz CT molecular complexity index is 517. The molecule has 0 saturated carbocycles. The Morgan fingerprint density at radius 3 is 2.17 bits per heavy atom. The van der Waals surface area contributed by atoms with Crippen LogP contribution in [0, 0.1) is 0 Å². The van der Waals surface area contributed by atoms with Crippen LogP contribution in [0.25, 0.3) is 0 Å². The van der Waals surface area contributed by atoms with Crippen LogP contribution in [0.3, 0.4) is 0 Å². The molecule has 2 heteroatoms. The third-order valence-corrected chi connectivity index (χ3v) is 3.81. The van der Waals surface area contributed by atoms with Gasteiger partial charge < -0.3 is 0 Å². The molecule has 0 radical (unpaired) electrons. The molecular formula is C16H16OS. The van der Waals surface area contributed by atoms with E-state index in [1.54, 1.807) is 5.41 Å². The van der Waals surface area contributed by atoms with Crippen LogP contribution in [0.4, 0.5) is 0 Å². The summed E-state index contributed by atoms with van der Waals surface area (Å²) in [7, 11) is -1.02. The normalized spacial score (nSPS) is 12.7. The van der Waals surface area contributed by atoms with Gasteiger partial charge in [-0.25, -0.2) is 4.21 Å². The molecule has 0 N–H and O–H groups in total. The zero-order valence-corrected chi connectivity index (χ0v) is 11.0. The minimum absolute atomic E-state index is 0.855. The minimum atomic E-state index is -1.02. The predicted molar refractivity (Wildman–Crippen MR) is 76.8 cm³/mol. The zero-order valence-electron chi connectivity index (χ0n) is 10.2. The number of benzene rings is 2. The first-order valence-corrected chi connectivity index (χ1v) is 7.24. The van der Waals surface area contributed by atoms with Crippen LogP contribution in [0.5, 0.6) is 0 Å². The van der Waals surface area contributed by atoms with E-state index in [-0.39, 0.29) is 0 Å². The average molecular weight is 256 g/mol. The molecule has 0 aromatic heterocycles. The van der Waals surface area contributed by atoms with Crippen molar-refractivity contribution in [2.24, 2.45) is 0 Å². The summed E-state index contributed by atoms with van der Waals surface area (Å²) >= 11 is 0. The molecule has 0 bridgehead atoms. The Morgan fingerprint density at radius 2 is 1.50 bits per heavy atom. The molecule has 18 heavy (non-hydrogen) atoms. The summed E-state index contributed by atoms with van der Waals surface area (Å²) in [6.07, 6.45) is 3.90. The fourth-order valence-corrected chi connectivity index (χ4v) is 2.58. The van der Waals surface area contributed by atoms with E-state index < -0.39 is 10.8 Å². The van der Waals surface area contributed by atoms with Gasteiger partial charge in [-0.2, -0.15) is 0 Å². The molecule has 0 spiro atoms. The van der Waals surface area contributed by atoms with E-state index in [4.69, 9.17) is 0 Å². The average Bonchev–Trinajstić information content (AvgIpc) is 2.45. The van der Waals surface area contributed by atoms with E-state index in [9.17, 15) is 4.21 Å². The summed E-state index contributed by atoms with van der Waals surface area (Å²) in [5.41, 5.74) is 1.31. The van der Waals surface area contributed by atoms with Gasteiger partial charge in [0.25, 0.3) is 0 Å². The lowest BCUT2D eigenvalue weighted by molar-refractivity contribution is 0.688. The maximum atomic E-state index is 11.9. The second-order valence-electron chi connectivity index (χ2n) is 4.01. The Kier molecular flexibility index (Phi) is 4.91. The number of rotatable bonds is 5. The van der Waals surface area contributed by atoms with E-state index in [2.05, 4.69) is 12.1 Å². The Morgan fingerprint density at radius 1 is 0.889 bits per heavy atom. The van der Waals surface area contributed by atoms with E-state index >= 15 is 0 Å². The molecule has 0 saturated heterocycles. The van der Waals surface area contributed by atoms with Crippen LogP contribution >= 0.6 is 0 Å². The van der Waals surface area contributed by atoms with Gasteiger partial charge in [0, 0.05) is 10.3 Å². The maximum absolute atomic E-state index is 11.9. The van der Waals surface area contributed by atoms with Crippen molar-refractivity contribution in [1.82, 2.24) is 0 Å². The SMILES string of the molecule is O=S(/C=C\CCc1ccccc1)c1ccccc1. The monoisotopic (exact) mass is 256 g/mol. The van der Waals surface area contributed by atoms with E-state index in [0.717, 1.165) is 17.7 Å². The van der Waals surface area contributed by atoms with Crippen molar-refractivity contribution in [3.8, 4) is 0 Å². The first-order chi connectivity index (χ1) is 8.86. The molecule has 1 unspecified atom stereocenters. The van der Waals surface area contributed by atoms with Crippen molar-refractivity contribution >= 4 is 10.8 Å². The van der Waals surface area contributed by atoms with Gasteiger partial charge in [0.1, 0.15) is 0 Å². The van der Waals surface area contributed by atoms with Crippen LogP contribution in [0.1, 0.15) is 12.0 Å². The summed E-state index contributed by atoms with van der Waals surface area (Å²) in [5, 5.41) is 1.78. The standard InChI is InChI=1S/C16H16OS/c17-18(16-12-5-2-6-13-16)14-8-7-11-15-9-3-1-4-10-15/h1-6,8-10,12-14H,7,11H2/b14-8-. The second-order valence-corrected chi connectivity index (χ2v) is 5.34. The second kappa shape index (κ2) is 6.92. The molecule has 0 heterocycles. The molecule has 0 aliphatic carbocycles. The molecule has 2 aromatic carbocycles. The van der Waals surface area contributed by atoms with E-state index in [1.807, 2.05) is 54.6 Å². The van der Waals surface area contributed by atoms with Gasteiger partial charge in [-0.1, -0.05) is 54.6 Å². The fourth-order valence-electron chi connectivity index (χ4n) is 1.68. The Labute approximate surface area is 111 Å². The van der Waals surface area contributed by atoms with Gasteiger partial charge in [0.15, 0.2) is 0 Å². The van der Waals surface area contributed by atoms with Gasteiger partial charge in [-0.3, -0.25) is 0 Å². The first kappa shape index (κ1) is 12.8. The van der Waals surface area contributed by atoms with Crippen LogP contribution in [0.2, 0.25) is 0 Å². The van der Waals surface area contributed by atoms with Crippen LogP contribution in [-0.4, -0.2) is 4.21 Å². The van der Waals surface area contributed by atoms with Crippen molar-refractivity contribution < 1.29 is 4.21 Å². The molecule has 2 rings (SSSR count). The van der Waals surface area contributed by atoms with Gasteiger partial charge in [-0.05, 0) is 30.5 Å². The van der Waals surface area contributed by atoms with Gasteiger partial charge >= 0.3 is 0 Å². The van der Waals surface area contributed by atoms with Gasteiger partial charge in [0.2, 0.25) is 0 Å². The number of hydrogen-bond donors (Lipinski definition) is 0. The number of hydrogen-bond acceptors (Lipinski definition) is 1. The Balaban J connectivity index is 1.84. The molecule has 0 aliphatic heterocycles. The lowest BCUT2D eigenvalue weighted by atomic mass is 10.1. The third-order valence-electron chi connectivity index (χ3n) is 2.64. The third kappa shape index (κ3) is 3.97. The molecule has 1 nitrogen and oxygen atoms in total. The highest BCUT2D eigenvalue weighted by atomic mass is 32.2. The van der Waals surface area contributed by atoms with Crippen LogP contribution in [-0.2, 0) is 17.2 Å². The highest BCUT2D eigenvalue weighted by molar-refractivity contribution is 7.88. The predicted octanol–water partition coefficient (Wildman–Crippen LogP) is 3.94. The molecule has 92 valence electrons. The molecule has 0 amide bonds. The molecule has 1 atom stereocenters. The summed E-state index contributed by atoms with van der Waals surface area (Å²) < 4.78 is 11.9. The summed E-state index contributed by atoms with van der Waals surface area (Å²) in [6.45, 7) is 0. The number of allylic oxidation sites excluding steroid dienone is 1. The van der Waals surface area contributed by atoms with Crippen molar-refractivity contribution in [2.75, 3.05) is 0 Å². The summed E-state index contributed by atoms with van der Waals surface area (Å²) in [4.78, 5) is 0.855. The lowest BCUT2D eigenvalue weighted by Gasteiger charge is -1.97. The number of aryl methyl sites for hydroxylation is 1. The minimum Gasteiger partial charge on any atom is -0.250 e. The van der Waals surface area contributed by atoms with E-state index in [0.29, 0.717) is 0 Å². The molecule has 0 fully saturated rings. The smallest absolute Gasteiger partial charge is 0.0772 e. The van der Waals surface area contributed by atoms with Crippen LogP contribution in [0.15, 0.2) is 77.0 Å². The van der Waals surface area contributed by atoms with Crippen molar-refractivity contribution in [3.63, 3.8) is 0 Å². The Hall–Kier alpha value is -1.67. The molecule has 0 aliphatic rings. The molecular weight excluding hydrogens is 240 g/mol. The van der Waals surface area contributed by atoms with Crippen molar-refractivity contribution in [3.05, 3.63) is 77.7 Å². The molecule has 2 aromatic rings. The topological polar surface area (TPSA) is 17.1 Å². The van der Waals surface area contributed by atoms with Crippen molar-refractivity contribution in [1.29, 1.82) is 0 Å². The van der Waals surface area contributed by atoms with Crippen molar-refractivity contribution in [2.45, 2.75) is 17.7 Å². The quantitative estimate of drug-likeness (QED) is 0.792. The van der Waals surface area contributed by atoms with Gasteiger partial charge in [0.05, 0.1) is 10.8 Å². The highest BCUT2D eigenvalue weighted by Gasteiger charge is 1.96. The summed E-state index contributed by atoms with van der Waals surface area (Å²) in [6, 6.07) is 19.8. The zero-order chi connectivity index (χ0) is 12.6. The highest BCUT2D eigenvalue weighted by Crippen LogP contribution is 2.08. The van der Waals surface area contributed by atoms with Gasteiger partial charge in [-0.15, -0.1) is 0 Å². The fraction of sp³-hybridized carbons (Fsp3) is 0.125. The maximum Gasteiger partial charge on any atom is 0.0772 e. The largest absolute Gasteiger partial charge is 0.250 e. The lowest BCUT2D eigenvalue weighted by Crippen LogP contribution is -1.86. The van der Waals surface area contributed by atoms with E-state index in [1.165, 1.54) is 5.56 Å². The summed E-state index contributed by atoms with van der Waals surface area (Å²) in [5.74, 6) is 0.